The Morgan fingerprint density at radius 3 is 2.57 bits per heavy atom. The lowest BCUT2D eigenvalue weighted by Crippen LogP contribution is -2.50. The van der Waals surface area contributed by atoms with Gasteiger partial charge in [-0.05, 0) is 43.9 Å². The van der Waals surface area contributed by atoms with E-state index in [4.69, 9.17) is 16.1 Å². The Morgan fingerprint density at radius 2 is 2.09 bits per heavy atom. The molecule has 1 heterocycles. The lowest BCUT2D eigenvalue weighted by Gasteiger charge is -2.41. The van der Waals surface area contributed by atoms with E-state index in [1.165, 1.54) is 0 Å². The van der Waals surface area contributed by atoms with Crippen molar-refractivity contribution in [1.82, 2.24) is 15.5 Å². The SMILES string of the molecule is CC[C@@H](NC(=O)C1(c2ccc(Cl)cc2)CCC1)c1nc(C)no1. The molecule has 122 valence electrons. The molecular formula is C17H20ClN3O2. The summed E-state index contributed by atoms with van der Waals surface area (Å²) in [5, 5.41) is 7.57. The molecule has 0 spiro atoms. The molecule has 1 N–H and O–H groups in total. The summed E-state index contributed by atoms with van der Waals surface area (Å²) >= 11 is 5.96. The molecule has 1 amide bonds. The zero-order valence-electron chi connectivity index (χ0n) is 13.3. The van der Waals surface area contributed by atoms with Crippen molar-refractivity contribution in [3.8, 4) is 0 Å². The summed E-state index contributed by atoms with van der Waals surface area (Å²) in [4.78, 5) is 17.2. The largest absolute Gasteiger partial charge is 0.344 e. The highest BCUT2D eigenvalue weighted by Crippen LogP contribution is 2.44. The second kappa shape index (κ2) is 6.32. The van der Waals surface area contributed by atoms with Gasteiger partial charge in [0.1, 0.15) is 6.04 Å². The standard InChI is InChI=1S/C17H20ClN3O2/c1-3-14(15-19-11(2)21-23-15)20-16(22)17(9-4-10-17)12-5-7-13(18)8-6-12/h5-8,14H,3-4,9-10H2,1-2H3,(H,20,22)/t14-/m1/s1. The lowest BCUT2D eigenvalue weighted by atomic mass is 9.63. The van der Waals surface area contributed by atoms with E-state index in [-0.39, 0.29) is 11.9 Å². The number of rotatable bonds is 5. The fourth-order valence-corrected chi connectivity index (χ4v) is 3.16. The Hall–Kier alpha value is -1.88. The smallest absolute Gasteiger partial charge is 0.249 e. The van der Waals surface area contributed by atoms with Crippen LogP contribution in [0.15, 0.2) is 28.8 Å². The van der Waals surface area contributed by atoms with Crippen LogP contribution in [0.1, 0.15) is 55.9 Å². The maximum absolute atomic E-state index is 12.9. The number of benzene rings is 1. The molecule has 1 aromatic carbocycles. The van der Waals surface area contributed by atoms with Gasteiger partial charge in [0.2, 0.25) is 11.8 Å². The van der Waals surface area contributed by atoms with Crippen LogP contribution in [0.4, 0.5) is 0 Å². The molecule has 6 heteroatoms. The van der Waals surface area contributed by atoms with Crippen LogP contribution in [0.25, 0.3) is 0 Å². The van der Waals surface area contributed by atoms with E-state index in [9.17, 15) is 4.79 Å². The van der Waals surface area contributed by atoms with Crippen LogP contribution in [0, 0.1) is 6.92 Å². The van der Waals surface area contributed by atoms with Crippen molar-refractivity contribution in [2.75, 3.05) is 0 Å². The fraction of sp³-hybridized carbons (Fsp3) is 0.471. The number of halogens is 1. The summed E-state index contributed by atoms with van der Waals surface area (Å²) in [5.74, 6) is 1.06. The quantitative estimate of drug-likeness (QED) is 0.905. The first kappa shape index (κ1) is 16.0. The minimum atomic E-state index is -0.465. The monoisotopic (exact) mass is 333 g/mol. The van der Waals surface area contributed by atoms with Crippen molar-refractivity contribution >= 4 is 17.5 Å². The third kappa shape index (κ3) is 2.98. The zero-order valence-corrected chi connectivity index (χ0v) is 14.1. The minimum Gasteiger partial charge on any atom is -0.344 e. The predicted molar refractivity (Wildman–Crippen MR) is 87.2 cm³/mol. The first-order valence-corrected chi connectivity index (χ1v) is 8.30. The number of nitrogens with zero attached hydrogens (tertiary/aromatic N) is 2. The Balaban J connectivity index is 1.81. The number of aryl methyl sites for hydroxylation is 1. The van der Waals surface area contributed by atoms with Crippen LogP contribution in [0.3, 0.4) is 0 Å². The van der Waals surface area contributed by atoms with E-state index in [1.54, 1.807) is 6.92 Å². The van der Waals surface area contributed by atoms with E-state index in [0.29, 0.717) is 23.2 Å². The zero-order chi connectivity index (χ0) is 16.4. The van der Waals surface area contributed by atoms with Gasteiger partial charge in [-0.3, -0.25) is 4.79 Å². The summed E-state index contributed by atoms with van der Waals surface area (Å²) < 4.78 is 5.21. The van der Waals surface area contributed by atoms with Crippen LogP contribution >= 0.6 is 11.6 Å². The Morgan fingerprint density at radius 1 is 1.39 bits per heavy atom. The van der Waals surface area contributed by atoms with E-state index < -0.39 is 5.41 Å². The van der Waals surface area contributed by atoms with Crippen LogP contribution < -0.4 is 5.32 Å². The average molecular weight is 334 g/mol. The second-order valence-electron chi connectivity index (χ2n) is 6.06. The summed E-state index contributed by atoms with van der Waals surface area (Å²) in [6, 6.07) is 7.30. The van der Waals surface area contributed by atoms with E-state index in [0.717, 1.165) is 24.8 Å². The molecule has 0 aliphatic heterocycles. The summed E-state index contributed by atoms with van der Waals surface area (Å²) in [6.45, 7) is 3.75. The van der Waals surface area contributed by atoms with Crippen molar-refractivity contribution < 1.29 is 9.32 Å². The summed E-state index contributed by atoms with van der Waals surface area (Å²) in [6.07, 6.45) is 3.44. The highest BCUT2D eigenvalue weighted by atomic mass is 35.5. The first-order valence-electron chi connectivity index (χ1n) is 7.92. The number of aromatic nitrogens is 2. The van der Waals surface area contributed by atoms with Gasteiger partial charge in [-0.25, -0.2) is 0 Å². The van der Waals surface area contributed by atoms with E-state index >= 15 is 0 Å². The van der Waals surface area contributed by atoms with Gasteiger partial charge in [-0.15, -0.1) is 0 Å². The minimum absolute atomic E-state index is 0.0220. The molecule has 1 saturated carbocycles. The highest BCUT2D eigenvalue weighted by Gasteiger charge is 2.46. The Bertz CT molecular complexity index is 692. The van der Waals surface area contributed by atoms with Crippen molar-refractivity contribution in [2.45, 2.75) is 51.0 Å². The van der Waals surface area contributed by atoms with Crippen LogP contribution in [-0.2, 0) is 10.2 Å². The fourth-order valence-electron chi connectivity index (χ4n) is 3.04. The number of carbonyl (C=O) groups excluding carboxylic acids is 1. The molecule has 5 nitrogen and oxygen atoms in total. The molecule has 3 rings (SSSR count). The van der Waals surface area contributed by atoms with Gasteiger partial charge in [0, 0.05) is 5.02 Å². The number of hydrogen-bond acceptors (Lipinski definition) is 4. The molecule has 1 atom stereocenters. The third-order valence-corrected chi connectivity index (χ3v) is 4.85. The molecule has 1 aliphatic carbocycles. The third-order valence-electron chi connectivity index (χ3n) is 4.59. The average Bonchev–Trinajstić information content (AvgIpc) is 2.92. The maximum atomic E-state index is 12.9. The molecule has 0 radical (unpaired) electrons. The van der Waals surface area contributed by atoms with Gasteiger partial charge in [0.15, 0.2) is 5.82 Å². The lowest BCUT2D eigenvalue weighted by molar-refractivity contribution is -0.131. The van der Waals surface area contributed by atoms with Gasteiger partial charge in [0.05, 0.1) is 5.41 Å². The maximum Gasteiger partial charge on any atom is 0.249 e. The molecule has 0 unspecified atom stereocenters. The first-order chi connectivity index (χ1) is 11.0. The van der Waals surface area contributed by atoms with Gasteiger partial charge < -0.3 is 9.84 Å². The number of nitrogens with one attached hydrogen (secondary N) is 1. The molecule has 0 saturated heterocycles. The molecule has 1 fully saturated rings. The number of carbonyl (C=O) groups is 1. The topological polar surface area (TPSA) is 68.0 Å². The van der Waals surface area contributed by atoms with Crippen LogP contribution in [0.5, 0.6) is 0 Å². The van der Waals surface area contributed by atoms with Crippen molar-refractivity contribution in [3.05, 3.63) is 46.6 Å². The van der Waals surface area contributed by atoms with Gasteiger partial charge in [-0.1, -0.05) is 42.2 Å². The number of amides is 1. The van der Waals surface area contributed by atoms with Gasteiger partial charge >= 0.3 is 0 Å². The second-order valence-corrected chi connectivity index (χ2v) is 6.49. The van der Waals surface area contributed by atoms with Gasteiger partial charge in [-0.2, -0.15) is 4.98 Å². The van der Waals surface area contributed by atoms with Crippen LogP contribution in [-0.4, -0.2) is 16.0 Å². The Labute approximate surface area is 140 Å². The van der Waals surface area contributed by atoms with Crippen LogP contribution in [0.2, 0.25) is 5.02 Å². The van der Waals surface area contributed by atoms with Crippen molar-refractivity contribution in [2.24, 2.45) is 0 Å². The normalized spacial score (nSPS) is 17.3. The van der Waals surface area contributed by atoms with E-state index in [2.05, 4.69) is 15.5 Å². The summed E-state index contributed by atoms with van der Waals surface area (Å²) in [7, 11) is 0. The number of hydrogen-bond donors (Lipinski definition) is 1. The molecule has 0 bridgehead atoms. The molecule has 2 aromatic rings. The Kier molecular flexibility index (Phi) is 4.39. The van der Waals surface area contributed by atoms with Gasteiger partial charge in [0.25, 0.3) is 0 Å². The molecule has 1 aromatic heterocycles. The predicted octanol–water partition coefficient (Wildman–Crippen LogP) is 3.72. The molecular weight excluding hydrogens is 314 g/mol. The summed E-state index contributed by atoms with van der Waals surface area (Å²) in [5.41, 5.74) is 0.551. The van der Waals surface area contributed by atoms with E-state index in [1.807, 2.05) is 31.2 Å². The molecule has 1 aliphatic rings. The highest BCUT2D eigenvalue weighted by molar-refractivity contribution is 6.30. The van der Waals surface area contributed by atoms with Crippen molar-refractivity contribution in [3.63, 3.8) is 0 Å². The molecule has 23 heavy (non-hydrogen) atoms. The van der Waals surface area contributed by atoms with Crippen molar-refractivity contribution in [1.29, 1.82) is 0 Å².